The van der Waals surface area contributed by atoms with Crippen molar-refractivity contribution in [2.45, 2.75) is 32.4 Å². The number of anilines is 1. The number of nitrogen functional groups attached to an aromatic ring is 1. The molecule has 0 bridgehead atoms. The number of nitrogens with zero attached hydrogens (tertiary/aromatic N) is 1. The van der Waals surface area contributed by atoms with Crippen LogP contribution in [0.5, 0.6) is 5.75 Å². The summed E-state index contributed by atoms with van der Waals surface area (Å²) in [6.45, 7) is 5.65. The smallest absolute Gasteiger partial charge is 0.255 e. The number of hydrogen-bond acceptors (Lipinski definition) is 5. The molecule has 6 nitrogen and oxygen atoms in total. The summed E-state index contributed by atoms with van der Waals surface area (Å²) in [5.41, 5.74) is 7.65. The molecule has 1 saturated heterocycles. The van der Waals surface area contributed by atoms with Crippen LogP contribution >= 0.6 is 11.6 Å². The second kappa shape index (κ2) is 11.3. The van der Waals surface area contributed by atoms with E-state index in [0.717, 1.165) is 24.9 Å². The van der Waals surface area contributed by atoms with E-state index in [-0.39, 0.29) is 17.8 Å². The number of benzene rings is 2. The van der Waals surface area contributed by atoms with Crippen LogP contribution in [-0.2, 0) is 11.3 Å². The molecule has 0 aliphatic carbocycles. The molecule has 2 aromatic carbocycles. The standard InChI is InChI=1S/C23H29ClFN3O3/c1-2-3-9-31-22-12-21(26)20(24)11-19(22)23(29)27-13-18-15-28(8-10-30-18)14-16-4-6-17(25)7-5-16/h4-7,11-12,18H,2-3,8-10,13-15,26H2,1H3,(H,27,29). The SMILES string of the molecule is CCCCOc1cc(N)c(Cl)cc1C(=O)NCC1CN(Cc2ccc(F)cc2)CCO1. The van der Waals surface area contributed by atoms with E-state index in [0.29, 0.717) is 54.9 Å². The lowest BCUT2D eigenvalue weighted by molar-refractivity contribution is -0.0292. The van der Waals surface area contributed by atoms with Crippen LogP contribution in [0.25, 0.3) is 0 Å². The molecule has 1 fully saturated rings. The van der Waals surface area contributed by atoms with Crippen LogP contribution in [0.3, 0.4) is 0 Å². The molecule has 1 amide bonds. The van der Waals surface area contributed by atoms with Crippen molar-refractivity contribution in [1.29, 1.82) is 0 Å². The Hall–Kier alpha value is -2.35. The van der Waals surface area contributed by atoms with Gasteiger partial charge in [-0.1, -0.05) is 37.1 Å². The van der Waals surface area contributed by atoms with Crippen LogP contribution in [0.2, 0.25) is 5.02 Å². The summed E-state index contributed by atoms with van der Waals surface area (Å²) < 4.78 is 24.7. The molecule has 31 heavy (non-hydrogen) atoms. The summed E-state index contributed by atoms with van der Waals surface area (Å²) in [7, 11) is 0. The van der Waals surface area contributed by atoms with E-state index >= 15 is 0 Å². The monoisotopic (exact) mass is 449 g/mol. The molecule has 1 atom stereocenters. The molecule has 1 unspecified atom stereocenters. The number of ether oxygens (including phenoxy) is 2. The molecule has 0 radical (unpaired) electrons. The van der Waals surface area contributed by atoms with Crippen LogP contribution in [0.15, 0.2) is 36.4 Å². The summed E-state index contributed by atoms with van der Waals surface area (Å²) in [5.74, 6) is -0.102. The average molecular weight is 450 g/mol. The van der Waals surface area contributed by atoms with E-state index in [1.54, 1.807) is 18.2 Å². The Morgan fingerprint density at radius 1 is 1.35 bits per heavy atom. The average Bonchev–Trinajstić information content (AvgIpc) is 2.76. The van der Waals surface area contributed by atoms with Crippen molar-refractivity contribution in [3.05, 3.63) is 58.4 Å². The molecular weight excluding hydrogens is 421 g/mol. The van der Waals surface area contributed by atoms with E-state index in [1.165, 1.54) is 18.2 Å². The number of nitrogens with one attached hydrogen (secondary N) is 1. The van der Waals surface area contributed by atoms with Crippen molar-refractivity contribution >= 4 is 23.2 Å². The van der Waals surface area contributed by atoms with Gasteiger partial charge in [0.2, 0.25) is 0 Å². The summed E-state index contributed by atoms with van der Waals surface area (Å²) in [5, 5.41) is 3.23. The highest BCUT2D eigenvalue weighted by Gasteiger charge is 2.22. The molecule has 0 saturated carbocycles. The highest BCUT2D eigenvalue weighted by atomic mass is 35.5. The van der Waals surface area contributed by atoms with Crippen molar-refractivity contribution in [1.82, 2.24) is 10.2 Å². The Kier molecular flexibility index (Phi) is 8.51. The summed E-state index contributed by atoms with van der Waals surface area (Å²) in [6, 6.07) is 9.63. The molecule has 1 aliphatic rings. The molecule has 168 valence electrons. The first kappa shape index (κ1) is 23.3. The Balaban J connectivity index is 1.57. The first-order chi connectivity index (χ1) is 15.0. The third-order valence-electron chi connectivity index (χ3n) is 5.13. The predicted octanol–water partition coefficient (Wildman–Crippen LogP) is 3.87. The van der Waals surface area contributed by atoms with E-state index in [1.807, 2.05) is 0 Å². The highest BCUT2D eigenvalue weighted by molar-refractivity contribution is 6.33. The Labute approximate surface area is 187 Å². The number of morpholine rings is 1. The van der Waals surface area contributed by atoms with Crippen LogP contribution in [0.1, 0.15) is 35.7 Å². The van der Waals surface area contributed by atoms with Gasteiger partial charge in [-0.25, -0.2) is 4.39 Å². The van der Waals surface area contributed by atoms with E-state index < -0.39 is 0 Å². The fourth-order valence-electron chi connectivity index (χ4n) is 3.39. The summed E-state index contributed by atoms with van der Waals surface area (Å²) in [6.07, 6.45) is 1.72. The normalized spacial score (nSPS) is 16.8. The molecular formula is C23H29ClFN3O3. The van der Waals surface area contributed by atoms with Gasteiger partial charge in [0.05, 0.1) is 35.6 Å². The predicted molar refractivity (Wildman–Crippen MR) is 120 cm³/mol. The zero-order valence-corrected chi connectivity index (χ0v) is 18.5. The quantitative estimate of drug-likeness (QED) is 0.449. The fourth-order valence-corrected chi connectivity index (χ4v) is 3.55. The largest absolute Gasteiger partial charge is 0.493 e. The maximum absolute atomic E-state index is 13.1. The van der Waals surface area contributed by atoms with Gasteiger partial charge in [-0.15, -0.1) is 0 Å². The first-order valence-corrected chi connectivity index (χ1v) is 10.9. The topological polar surface area (TPSA) is 76.8 Å². The van der Waals surface area contributed by atoms with E-state index in [9.17, 15) is 9.18 Å². The van der Waals surface area contributed by atoms with Crippen LogP contribution < -0.4 is 15.8 Å². The van der Waals surface area contributed by atoms with Gasteiger partial charge in [0.15, 0.2) is 0 Å². The number of carbonyl (C=O) groups excluding carboxylic acids is 1. The number of hydrogen-bond donors (Lipinski definition) is 2. The first-order valence-electron chi connectivity index (χ1n) is 10.5. The van der Waals surface area contributed by atoms with Gasteiger partial charge in [-0.2, -0.15) is 0 Å². The van der Waals surface area contributed by atoms with Gasteiger partial charge >= 0.3 is 0 Å². The molecule has 1 heterocycles. The minimum absolute atomic E-state index is 0.146. The Bertz CT molecular complexity index is 879. The maximum Gasteiger partial charge on any atom is 0.255 e. The molecule has 3 N–H and O–H groups in total. The third-order valence-corrected chi connectivity index (χ3v) is 5.46. The second-order valence-electron chi connectivity index (χ2n) is 7.64. The van der Waals surface area contributed by atoms with Crippen molar-refractivity contribution < 1.29 is 18.7 Å². The van der Waals surface area contributed by atoms with Gasteiger partial charge in [0.1, 0.15) is 11.6 Å². The minimum Gasteiger partial charge on any atom is -0.493 e. The van der Waals surface area contributed by atoms with E-state index in [2.05, 4.69) is 17.1 Å². The number of halogens is 2. The van der Waals surface area contributed by atoms with Gasteiger partial charge < -0.3 is 20.5 Å². The maximum atomic E-state index is 13.1. The second-order valence-corrected chi connectivity index (χ2v) is 8.04. The van der Waals surface area contributed by atoms with E-state index in [4.69, 9.17) is 26.8 Å². The van der Waals surface area contributed by atoms with Crippen LogP contribution in [0.4, 0.5) is 10.1 Å². The van der Waals surface area contributed by atoms with Crippen LogP contribution in [0, 0.1) is 5.82 Å². The van der Waals surface area contributed by atoms with Gasteiger partial charge in [0, 0.05) is 32.2 Å². The number of unbranched alkanes of at least 4 members (excludes halogenated alkanes) is 1. The Morgan fingerprint density at radius 2 is 2.13 bits per heavy atom. The molecule has 1 aliphatic heterocycles. The minimum atomic E-state index is -0.285. The van der Waals surface area contributed by atoms with Crippen molar-refractivity contribution in [3.63, 3.8) is 0 Å². The zero-order valence-electron chi connectivity index (χ0n) is 17.7. The summed E-state index contributed by atoms with van der Waals surface area (Å²) >= 11 is 6.13. The molecule has 0 spiro atoms. The molecule has 8 heteroatoms. The van der Waals surface area contributed by atoms with Gasteiger partial charge in [-0.05, 0) is 30.2 Å². The van der Waals surface area contributed by atoms with Crippen molar-refractivity contribution in [2.75, 3.05) is 38.6 Å². The lowest BCUT2D eigenvalue weighted by atomic mass is 10.1. The zero-order chi connectivity index (χ0) is 22.2. The molecule has 3 rings (SSSR count). The van der Waals surface area contributed by atoms with Crippen LogP contribution in [-0.4, -0.2) is 49.8 Å². The van der Waals surface area contributed by atoms with Gasteiger partial charge in [0.25, 0.3) is 5.91 Å². The van der Waals surface area contributed by atoms with Gasteiger partial charge in [-0.3, -0.25) is 9.69 Å². The number of rotatable bonds is 9. The lowest BCUT2D eigenvalue weighted by Gasteiger charge is -2.33. The number of carbonyl (C=O) groups is 1. The highest BCUT2D eigenvalue weighted by Crippen LogP contribution is 2.29. The van der Waals surface area contributed by atoms with Crippen molar-refractivity contribution in [2.24, 2.45) is 0 Å². The summed E-state index contributed by atoms with van der Waals surface area (Å²) in [4.78, 5) is 15.0. The fraction of sp³-hybridized carbons (Fsp3) is 0.435. The Morgan fingerprint density at radius 3 is 2.87 bits per heavy atom. The molecule has 2 aromatic rings. The third kappa shape index (κ3) is 6.82. The molecule has 0 aromatic heterocycles. The number of nitrogens with two attached hydrogens (primary N) is 1. The lowest BCUT2D eigenvalue weighted by Crippen LogP contribution is -2.47. The van der Waals surface area contributed by atoms with Crippen molar-refractivity contribution in [3.8, 4) is 5.75 Å². The number of amides is 1.